The Balaban J connectivity index is 1.37. The van der Waals surface area contributed by atoms with Crippen LogP contribution >= 0.6 is 0 Å². The summed E-state index contributed by atoms with van der Waals surface area (Å²) in [5.74, 6) is -0.107. The lowest BCUT2D eigenvalue weighted by Gasteiger charge is -2.09. The lowest BCUT2D eigenvalue weighted by molar-refractivity contribution is 0.102. The quantitative estimate of drug-likeness (QED) is 0.543. The Kier molecular flexibility index (Phi) is 5.12. The van der Waals surface area contributed by atoms with Crippen molar-refractivity contribution in [2.45, 2.75) is 20.0 Å². The van der Waals surface area contributed by atoms with Gasteiger partial charge in [-0.05, 0) is 36.8 Å². The molecule has 4 aromatic rings. The highest BCUT2D eigenvalue weighted by Crippen LogP contribution is 2.13. The van der Waals surface area contributed by atoms with E-state index in [1.165, 1.54) is 0 Å². The molecule has 1 amide bonds. The number of carbonyl (C=O) groups excluding carboxylic acids is 1. The number of anilines is 1. The Bertz CT molecular complexity index is 1100. The standard InChI is InChI=1S/C22H21N5O/c1-16-5-7-18(8-6-16)22(28)26-19-4-2-3-17(11-19)12-24-13-20-14-25-21-15-23-9-10-27(20)21/h2-11,14-15,24H,12-13H2,1H3,(H,26,28). The molecule has 0 fully saturated rings. The third-order valence-electron chi connectivity index (χ3n) is 4.53. The molecule has 0 spiro atoms. The van der Waals surface area contributed by atoms with Crippen LogP contribution in [0.15, 0.2) is 73.3 Å². The zero-order valence-corrected chi connectivity index (χ0v) is 15.6. The first-order valence-corrected chi connectivity index (χ1v) is 9.13. The Morgan fingerprint density at radius 3 is 2.79 bits per heavy atom. The molecule has 2 aromatic heterocycles. The SMILES string of the molecule is Cc1ccc(C(=O)Nc2cccc(CNCc3cnc4cnccn34)c2)cc1. The van der Waals surface area contributed by atoms with Crippen molar-refractivity contribution in [3.63, 3.8) is 0 Å². The van der Waals surface area contributed by atoms with Gasteiger partial charge >= 0.3 is 0 Å². The molecule has 28 heavy (non-hydrogen) atoms. The van der Waals surface area contributed by atoms with E-state index in [0.717, 1.165) is 28.2 Å². The average molecular weight is 371 g/mol. The summed E-state index contributed by atoms with van der Waals surface area (Å²) in [6.45, 7) is 3.37. The molecular formula is C22H21N5O. The first kappa shape index (κ1) is 17.9. The fourth-order valence-electron chi connectivity index (χ4n) is 3.03. The van der Waals surface area contributed by atoms with Gasteiger partial charge in [-0.15, -0.1) is 0 Å². The van der Waals surface area contributed by atoms with Crippen LogP contribution in [-0.4, -0.2) is 20.3 Å². The lowest BCUT2D eigenvalue weighted by Crippen LogP contribution is -2.15. The maximum atomic E-state index is 12.4. The summed E-state index contributed by atoms with van der Waals surface area (Å²) in [7, 11) is 0. The predicted octanol–water partition coefficient (Wildman–Crippen LogP) is 3.58. The topological polar surface area (TPSA) is 71.3 Å². The van der Waals surface area contributed by atoms with Gasteiger partial charge in [0.2, 0.25) is 0 Å². The van der Waals surface area contributed by atoms with Crippen molar-refractivity contribution in [3.05, 3.63) is 95.7 Å². The van der Waals surface area contributed by atoms with E-state index in [0.29, 0.717) is 18.7 Å². The normalized spacial score (nSPS) is 10.9. The van der Waals surface area contributed by atoms with Crippen LogP contribution in [0.3, 0.4) is 0 Å². The largest absolute Gasteiger partial charge is 0.322 e. The second kappa shape index (κ2) is 8.02. The minimum Gasteiger partial charge on any atom is -0.322 e. The van der Waals surface area contributed by atoms with Gasteiger partial charge in [0.05, 0.1) is 18.1 Å². The van der Waals surface area contributed by atoms with Gasteiger partial charge in [-0.1, -0.05) is 29.8 Å². The third-order valence-corrected chi connectivity index (χ3v) is 4.53. The zero-order chi connectivity index (χ0) is 19.3. The fraction of sp³-hybridized carbons (Fsp3) is 0.136. The van der Waals surface area contributed by atoms with E-state index < -0.39 is 0 Å². The number of aryl methyl sites for hydroxylation is 1. The Labute approximate surface area is 163 Å². The molecule has 140 valence electrons. The van der Waals surface area contributed by atoms with E-state index >= 15 is 0 Å². The van der Waals surface area contributed by atoms with Crippen molar-refractivity contribution < 1.29 is 4.79 Å². The molecule has 0 bridgehead atoms. The second-order valence-electron chi connectivity index (χ2n) is 6.68. The number of nitrogens with one attached hydrogen (secondary N) is 2. The van der Waals surface area contributed by atoms with Crippen molar-refractivity contribution in [2.75, 3.05) is 5.32 Å². The van der Waals surface area contributed by atoms with Crippen molar-refractivity contribution in [1.29, 1.82) is 0 Å². The number of hydrogen-bond acceptors (Lipinski definition) is 4. The van der Waals surface area contributed by atoms with Gasteiger partial charge in [-0.25, -0.2) is 4.98 Å². The minimum atomic E-state index is -0.107. The molecule has 0 saturated carbocycles. The van der Waals surface area contributed by atoms with Gasteiger partial charge in [0.15, 0.2) is 5.65 Å². The van der Waals surface area contributed by atoms with Crippen LogP contribution in [0.4, 0.5) is 5.69 Å². The Morgan fingerprint density at radius 2 is 1.93 bits per heavy atom. The summed E-state index contributed by atoms with van der Waals surface area (Å²) in [6, 6.07) is 15.4. The fourth-order valence-corrected chi connectivity index (χ4v) is 3.03. The molecule has 0 saturated heterocycles. The van der Waals surface area contributed by atoms with E-state index in [1.807, 2.05) is 72.2 Å². The molecule has 0 atom stereocenters. The molecule has 0 unspecified atom stereocenters. The van der Waals surface area contributed by atoms with Gasteiger partial charge in [-0.3, -0.25) is 14.2 Å². The molecular weight excluding hydrogens is 350 g/mol. The number of aromatic nitrogens is 3. The monoisotopic (exact) mass is 371 g/mol. The van der Waals surface area contributed by atoms with Crippen LogP contribution in [0.5, 0.6) is 0 Å². The van der Waals surface area contributed by atoms with Gasteiger partial charge in [0.1, 0.15) is 0 Å². The van der Waals surface area contributed by atoms with E-state index in [2.05, 4.69) is 20.6 Å². The highest BCUT2D eigenvalue weighted by molar-refractivity contribution is 6.04. The molecule has 6 heteroatoms. The summed E-state index contributed by atoms with van der Waals surface area (Å²) in [6.07, 6.45) is 7.24. The van der Waals surface area contributed by atoms with Gasteiger partial charge in [0.25, 0.3) is 5.91 Å². The minimum absolute atomic E-state index is 0.107. The first-order valence-electron chi connectivity index (χ1n) is 9.13. The first-order chi connectivity index (χ1) is 13.7. The molecule has 0 radical (unpaired) electrons. The summed E-state index contributed by atoms with van der Waals surface area (Å²) < 4.78 is 2.01. The number of fused-ring (bicyclic) bond motifs is 1. The number of hydrogen-bond donors (Lipinski definition) is 2. The smallest absolute Gasteiger partial charge is 0.255 e. The highest BCUT2D eigenvalue weighted by Gasteiger charge is 2.06. The average Bonchev–Trinajstić information content (AvgIpc) is 3.12. The van der Waals surface area contributed by atoms with Crippen LogP contribution in [0.2, 0.25) is 0 Å². The van der Waals surface area contributed by atoms with E-state index in [-0.39, 0.29) is 5.91 Å². The maximum absolute atomic E-state index is 12.4. The van der Waals surface area contributed by atoms with E-state index in [1.54, 1.807) is 12.4 Å². The molecule has 6 nitrogen and oxygen atoms in total. The van der Waals surface area contributed by atoms with Gasteiger partial charge in [0, 0.05) is 36.7 Å². The number of amides is 1. The van der Waals surface area contributed by atoms with Crippen molar-refractivity contribution >= 4 is 17.2 Å². The summed E-state index contributed by atoms with van der Waals surface area (Å²) in [5, 5.41) is 6.38. The number of nitrogens with zero attached hydrogens (tertiary/aromatic N) is 3. The number of imidazole rings is 1. The summed E-state index contributed by atoms with van der Waals surface area (Å²) in [4.78, 5) is 20.8. The molecule has 0 aliphatic carbocycles. The van der Waals surface area contributed by atoms with Crippen LogP contribution in [0, 0.1) is 6.92 Å². The number of benzene rings is 2. The predicted molar refractivity (Wildman–Crippen MR) is 109 cm³/mol. The summed E-state index contributed by atoms with van der Waals surface area (Å²) >= 11 is 0. The van der Waals surface area contributed by atoms with Crippen LogP contribution in [-0.2, 0) is 13.1 Å². The van der Waals surface area contributed by atoms with E-state index in [4.69, 9.17) is 0 Å². The van der Waals surface area contributed by atoms with Crippen LogP contribution < -0.4 is 10.6 Å². The molecule has 0 aliphatic heterocycles. The summed E-state index contributed by atoms with van der Waals surface area (Å²) in [5.41, 5.74) is 5.56. The Hall–Kier alpha value is -3.51. The number of rotatable bonds is 6. The second-order valence-corrected chi connectivity index (χ2v) is 6.68. The molecule has 2 N–H and O–H groups in total. The highest BCUT2D eigenvalue weighted by atomic mass is 16.1. The van der Waals surface area contributed by atoms with Crippen molar-refractivity contribution in [3.8, 4) is 0 Å². The molecule has 4 rings (SSSR count). The van der Waals surface area contributed by atoms with Gasteiger partial charge in [-0.2, -0.15) is 0 Å². The van der Waals surface area contributed by atoms with Crippen LogP contribution in [0.25, 0.3) is 5.65 Å². The third kappa shape index (κ3) is 4.07. The van der Waals surface area contributed by atoms with E-state index in [9.17, 15) is 4.79 Å². The Morgan fingerprint density at radius 1 is 1.07 bits per heavy atom. The molecule has 2 aromatic carbocycles. The van der Waals surface area contributed by atoms with Crippen molar-refractivity contribution in [2.24, 2.45) is 0 Å². The van der Waals surface area contributed by atoms with Crippen molar-refractivity contribution in [1.82, 2.24) is 19.7 Å². The zero-order valence-electron chi connectivity index (χ0n) is 15.6. The molecule has 2 heterocycles. The number of carbonyl (C=O) groups is 1. The van der Waals surface area contributed by atoms with Crippen LogP contribution in [0.1, 0.15) is 27.2 Å². The molecule has 0 aliphatic rings. The van der Waals surface area contributed by atoms with Gasteiger partial charge < -0.3 is 10.6 Å². The maximum Gasteiger partial charge on any atom is 0.255 e. The lowest BCUT2D eigenvalue weighted by atomic mass is 10.1.